The molecule has 0 spiro atoms. The standard InChI is InChI=1S/C17H14F2N2/c1-10-6-7-13(15(19)14(10)18)16(20)17-12-5-3-2-4-11(12)8-9-21-17/h2-9,16H,20H2,1H3. The monoisotopic (exact) mass is 284 g/mol. The van der Waals surface area contributed by atoms with Gasteiger partial charge in [0.15, 0.2) is 11.6 Å². The maximum absolute atomic E-state index is 14.1. The van der Waals surface area contributed by atoms with Crippen molar-refractivity contribution in [2.75, 3.05) is 0 Å². The molecule has 21 heavy (non-hydrogen) atoms. The first-order valence-electron chi connectivity index (χ1n) is 6.63. The van der Waals surface area contributed by atoms with E-state index in [4.69, 9.17) is 5.73 Å². The smallest absolute Gasteiger partial charge is 0.164 e. The summed E-state index contributed by atoms with van der Waals surface area (Å²) in [5, 5.41) is 1.80. The van der Waals surface area contributed by atoms with Crippen LogP contribution in [-0.4, -0.2) is 4.98 Å². The second-order valence-corrected chi connectivity index (χ2v) is 4.99. The van der Waals surface area contributed by atoms with E-state index in [1.54, 1.807) is 6.20 Å². The third-order valence-corrected chi connectivity index (χ3v) is 3.64. The highest BCUT2D eigenvalue weighted by atomic mass is 19.2. The molecule has 0 saturated heterocycles. The molecule has 0 aliphatic rings. The fraction of sp³-hybridized carbons (Fsp3) is 0.118. The quantitative estimate of drug-likeness (QED) is 0.776. The van der Waals surface area contributed by atoms with Gasteiger partial charge in [-0.15, -0.1) is 0 Å². The molecule has 3 rings (SSSR count). The van der Waals surface area contributed by atoms with Gasteiger partial charge in [0.1, 0.15) is 0 Å². The van der Waals surface area contributed by atoms with Gasteiger partial charge in [-0.1, -0.05) is 36.4 Å². The van der Waals surface area contributed by atoms with E-state index in [1.807, 2.05) is 30.3 Å². The van der Waals surface area contributed by atoms with E-state index in [1.165, 1.54) is 19.1 Å². The number of fused-ring (bicyclic) bond motifs is 1. The molecular weight excluding hydrogens is 270 g/mol. The number of benzene rings is 2. The van der Waals surface area contributed by atoms with Gasteiger partial charge in [-0.2, -0.15) is 0 Å². The lowest BCUT2D eigenvalue weighted by molar-refractivity contribution is 0.489. The van der Waals surface area contributed by atoms with Gasteiger partial charge in [-0.25, -0.2) is 8.78 Å². The second kappa shape index (κ2) is 5.22. The Balaban J connectivity index is 2.17. The van der Waals surface area contributed by atoms with Crippen LogP contribution in [0.2, 0.25) is 0 Å². The van der Waals surface area contributed by atoms with Gasteiger partial charge in [-0.05, 0) is 23.9 Å². The lowest BCUT2D eigenvalue weighted by Gasteiger charge is -2.15. The molecule has 0 saturated carbocycles. The van der Waals surface area contributed by atoms with Crippen molar-refractivity contribution < 1.29 is 8.78 Å². The van der Waals surface area contributed by atoms with Crippen LogP contribution in [0.1, 0.15) is 22.9 Å². The molecular formula is C17H14F2N2. The molecule has 2 aromatic carbocycles. The number of pyridine rings is 1. The largest absolute Gasteiger partial charge is 0.319 e. The molecule has 0 aliphatic carbocycles. The van der Waals surface area contributed by atoms with Crippen molar-refractivity contribution in [3.63, 3.8) is 0 Å². The molecule has 2 nitrogen and oxygen atoms in total. The number of aromatic nitrogens is 1. The molecule has 0 fully saturated rings. The summed E-state index contributed by atoms with van der Waals surface area (Å²) < 4.78 is 27.8. The average Bonchev–Trinajstić information content (AvgIpc) is 2.51. The fourth-order valence-corrected chi connectivity index (χ4v) is 2.44. The minimum Gasteiger partial charge on any atom is -0.319 e. The summed E-state index contributed by atoms with van der Waals surface area (Å²) in [4.78, 5) is 4.26. The van der Waals surface area contributed by atoms with Gasteiger partial charge in [0.05, 0.1) is 11.7 Å². The summed E-state index contributed by atoms with van der Waals surface area (Å²) in [6.45, 7) is 1.52. The molecule has 1 aromatic heterocycles. The minimum atomic E-state index is -0.905. The first kappa shape index (κ1) is 13.6. The van der Waals surface area contributed by atoms with Crippen LogP contribution in [0.4, 0.5) is 8.78 Å². The third kappa shape index (κ3) is 2.28. The van der Waals surface area contributed by atoms with Crippen LogP contribution < -0.4 is 5.73 Å². The van der Waals surface area contributed by atoms with E-state index in [0.717, 1.165) is 10.8 Å². The van der Waals surface area contributed by atoms with Crippen molar-refractivity contribution in [3.05, 3.63) is 77.1 Å². The highest BCUT2D eigenvalue weighted by Gasteiger charge is 2.20. The first-order valence-corrected chi connectivity index (χ1v) is 6.63. The molecule has 0 radical (unpaired) electrons. The number of nitrogens with two attached hydrogens (primary N) is 1. The molecule has 1 atom stereocenters. The Morgan fingerprint density at radius 3 is 2.57 bits per heavy atom. The zero-order valence-electron chi connectivity index (χ0n) is 11.5. The van der Waals surface area contributed by atoms with Crippen LogP contribution in [0.15, 0.2) is 48.7 Å². The zero-order chi connectivity index (χ0) is 15.0. The van der Waals surface area contributed by atoms with Gasteiger partial charge in [0, 0.05) is 17.1 Å². The second-order valence-electron chi connectivity index (χ2n) is 4.99. The van der Waals surface area contributed by atoms with Crippen LogP contribution >= 0.6 is 0 Å². The number of aryl methyl sites for hydroxylation is 1. The molecule has 1 unspecified atom stereocenters. The maximum Gasteiger partial charge on any atom is 0.164 e. The molecule has 0 bridgehead atoms. The van der Waals surface area contributed by atoms with Crippen LogP contribution in [0.25, 0.3) is 10.8 Å². The number of rotatable bonds is 2. The Bertz CT molecular complexity index is 810. The van der Waals surface area contributed by atoms with E-state index in [0.29, 0.717) is 5.69 Å². The van der Waals surface area contributed by atoms with Gasteiger partial charge in [-0.3, -0.25) is 4.98 Å². The van der Waals surface area contributed by atoms with Crippen LogP contribution in [-0.2, 0) is 0 Å². The van der Waals surface area contributed by atoms with Crippen LogP contribution in [0.3, 0.4) is 0 Å². The van der Waals surface area contributed by atoms with Gasteiger partial charge in [0.25, 0.3) is 0 Å². The number of hydrogen-bond donors (Lipinski definition) is 1. The summed E-state index contributed by atoms with van der Waals surface area (Å²) in [5.74, 6) is -1.76. The summed E-state index contributed by atoms with van der Waals surface area (Å²) in [6.07, 6.45) is 1.62. The van der Waals surface area contributed by atoms with Crippen molar-refractivity contribution in [3.8, 4) is 0 Å². The predicted molar refractivity (Wildman–Crippen MR) is 78.9 cm³/mol. The topological polar surface area (TPSA) is 38.9 Å². The zero-order valence-corrected chi connectivity index (χ0v) is 11.5. The van der Waals surface area contributed by atoms with E-state index in [-0.39, 0.29) is 11.1 Å². The highest BCUT2D eigenvalue weighted by molar-refractivity contribution is 5.85. The molecule has 1 heterocycles. The van der Waals surface area contributed by atoms with E-state index in [9.17, 15) is 8.78 Å². The van der Waals surface area contributed by atoms with E-state index in [2.05, 4.69) is 4.98 Å². The Labute approximate surface area is 121 Å². The minimum absolute atomic E-state index is 0.113. The Hall–Kier alpha value is -2.33. The molecule has 0 amide bonds. The van der Waals surface area contributed by atoms with Crippen LogP contribution in [0.5, 0.6) is 0 Å². The van der Waals surface area contributed by atoms with Crippen molar-refractivity contribution >= 4 is 10.8 Å². The Morgan fingerprint density at radius 2 is 1.76 bits per heavy atom. The summed E-state index contributed by atoms with van der Waals surface area (Å²) in [5.41, 5.74) is 7.04. The third-order valence-electron chi connectivity index (χ3n) is 3.64. The molecule has 0 aliphatic heterocycles. The van der Waals surface area contributed by atoms with Crippen LogP contribution in [0, 0.1) is 18.6 Å². The van der Waals surface area contributed by atoms with E-state index >= 15 is 0 Å². The normalized spacial score (nSPS) is 12.6. The van der Waals surface area contributed by atoms with Gasteiger partial charge in [0.2, 0.25) is 0 Å². The molecule has 3 aromatic rings. The number of halogens is 2. The summed E-state index contributed by atoms with van der Waals surface area (Å²) in [6, 6.07) is 11.7. The Kier molecular flexibility index (Phi) is 3.39. The maximum atomic E-state index is 14.1. The fourth-order valence-electron chi connectivity index (χ4n) is 2.44. The van der Waals surface area contributed by atoms with Gasteiger partial charge >= 0.3 is 0 Å². The van der Waals surface area contributed by atoms with Crippen molar-refractivity contribution in [2.24, 2.45) is 5.73 Å². The molecule has 2 N–H and O–H groups in total. The number of hydrogen-bond acceptors (Lipinski definition) is 2. The highest BCUT2D eigenvalue weighted by Crippen LogP contribution is 2.28. The number of nitrogens with zero attached hydrogens (tertiary/aromatic N) is 1. The lowest BCUT2D eigenvalue weighted by Crippen LogP contribution is -2.16. The lowest BCUT2D eigenvalue weighted by atomic mass is 9.98. The SMILES string of the molecule is Cc1ccc(C(N)c2nccc3ccccc23)c(F)c1F. The van der Waals surface area contributed by atoms with Gasteiger partial charge < -0.3 is 5.73 Å². The summed E-state index contributed by atoms with van der Waals surface area (Å²) in [7, 11) is 0. The van der Waals surface area contributed by atoms with Crippen molar-refractivity contribution in [1.29, 1.82) is 0 Å². The molecule has 4 heteroatoms. The first-order chi connectivity index (χ1) is 10.1. The Morgan fingerprint density at radius 1 is 1.00 bits per heavy atom. The summed E-state index contributed by atoms with van der Waals surface area (Å²) >= 11 is 0. The van der Waals surface area contributed by atoms with Crippen molar-refractivity contribution in [1.82, 2.24) is 4.98 Å². The average molecular weight is 284 g/mol. The van der Waals surface area contributed by atoms with E-state index < -0.39 is 17.7 Å². The molecule has 106 valence electrons. The van der Waals surface area contributed by atoms with Crippen molar-refractivity contribution in [2.45, 2.75) is 13.0 Å². The predicted octanol–water partition coefficient (Wildman–Crippen LogP) is 3.87.